The third-order valence-corrected chi connectivity index (χ3v) is 4.57. The summed E-state index contributed by atoms with van der Waals surface area (Å²) in [5.41, 5.74) is 1.15. The normalized spacial score (nSPS) is 26.9. The van der Waals surface area contributed by atoms with Crippen LogP contribution in [0, 0.1) is 0 Å². The SMILES string of the molecule is O=C(Nc1nc2c(s1)CCCC2)C1CC(O)CN1. The summed E-state index contributed by atoms with van der Waals surface area (Å²) in [6.45, 7) is 0.493. The van der Waals surface area contributed by atoms with Crippen LogP contribution < -0.4 is 10.6 Å². The number of aliphatic hydroxyl groups excluding tert-OH is 1. The first-order valence-corrected chi connectivity index (χ1v) is 7.25. The standard InChI is InChI=1S/C12H17N3O2S/c16-7-5-9(13-6-7)11(17)15-12-14-8-3-1-2-4-10(8)18-12/h7,9,13,16H,1-6H2,(H,14,15,17). The highest BCUT2D eigenvalue weighted by Gasteiger charge is 2.28. The highest BCUT2D eigenvalue weighted by Crippen LogP contribution is 2.29. The first-order chi connectivity index (χ1) is 8.72. The Labute approximate surface area is 110 Å². The molecule has 1 fully saturated rings. The quantitative estimate of drug-likeness (QED) is 0.737. The first-order valence-electron chi connectivity index (χ1n) is 6.43. The Morgan fingerprint density at radius 1 is 1.44 bits per heavy atom. The van der Waals surface area contributed by atoms with E-state index >= 15 is 0 Å². The number of nitrogens with zero attached hydrogens (tertiary/aromatic N) is 1. The number of rotatable bonds is 2. The summed E-state index contributed by atoms with van der Waals surface area (Å²) < 4.78 is 0. The van der Waals surface area contributed by atoms with E-state index < -0.39 is 6.10 Å². The zero-order valence-electron chi connectivity index (χ0n) is 10.1. The predicted molar refractivity (Wildman–Crippen MR) is 69.8 cm³/mol. The number of carbonyl (C=O) groups excluding carboxylic acids is 1. The van der Waals surface area contributed by atoms with E-state index in [2.05, 4.69) is 15.6 Å². The van der Waals surface area contributed by atoms with Crippen LogP contribution in [0.15, 0.2) is 0 Å². The van der Waals surface area contributed by atoms with Crippen LogP contribution in [0.5, 0.6) is 0 Å². The lowest BCUT2D eigenvalue weighted by Crippen LogP contribution is -2.35. The minimum absolute atomic E-state index is 0.0855. The Kier molecular flexibility index (Phi) is 3.32. The number of nitrogens with one attached hydrogen (secondary N) is 2. The van der Waals surface area contributed by atoms with Gasteiger partial charge in [-0.15, -0.1) is 11.3 Å². The lowest BCUT2D eigenvalue weighted by Gasteiger charge is -2.08. The molecule has 98 valence electrons. The Hall–Kier alpha value is -0.980. The number of β-amino-alcohol motifs (C(OH)–C–C–N with tert-alkyl or cyclic N) is 1. The molecule has 1 amide bonds. The second-order valence-corrected chi connectivity index (χ2v) is 6.02. The van der Waals surface area contributed by atoms with Gasteiger partial charge in [0, 0.05) is 11.4 Å². The average molecular weight is 267 g/mol. The molecule has 3 rings (SSSR count). The molecule has 0 spiro atoms. The zero-order valence-corrected chi connectivity index (χ0v) is 10.9. The minimum Gasteiger partial charge on any atom is -0.392 e. The molecule has 1 aliphatic carbocycles. The molecule has 0 bridgehead atoms. The van der Waals surface area contributed by atoms with E-state index in [-0.39, 0.29) is 11.9 Å². The van der Waals surface area contributed by atoms with Gasteiger partial charge in [-0.05, 0) is 32.1 Å². The summed E-state index contributed by atoms with van der Waals surface area (Å²) in [6.07, 6.45) is 4.60. The van der Waals surface area contributed by atoms with Crippen LogP contribution in [-0.4, -0.2) is 34.7 Å². The number of hydrogen-bond donors (Lipinski definition) is 3. The Bertz CT molecular complexity index is 437. The monoisotopic (exact) mass is 267 g/mol. The lowest BCUT2D eigenvalue weighted by atomic mass is 10.0. The van der Waals surface area contributed by atoms with Crippen LogP contribution in [0.2, 0.25) is 0 Å². The molecule has 1 aliphatic heterocycles. The fraction of sp³-hybridized carbons (Fsp3) is 0.667. The van der Waals surface area contributed by atoms with Crippen LogP contribution >= 0.6 is 11.3 Å². The lowest BCUT2D eigenvalue weighted by molar-refractivity contribution is -0.117. The van der Waals surface area contributed by atoms with Crippen LogP contribution in [0.1, 0.15) is 29.8 Å². The maximum Gasteiger partial charge on any atom is 0.243 e. The van der Waals surface area contributed by atoms with Gasteiger partial charge in [-0.2, -0.15) is 0 Å². The minimum atomic E-state index is -0.412. The molecule has 1 aromatic heterocycles. The van der Waals surface area contributed by atoms with Gasteiger partial charge in [0.05, 0.1) is 17.8 Å². The third-order valence-electron chi connectivity index (χ3n) is 3.50. The van der Waals surface area contributed by atoms with E-state index in [1.807, 2.05) is 0 Å². The van der Waals surface area contributed by atoms with Gasteiger partial charge < -0.3 is 15.7 Å². The fourth-order valence-electron chi connectivity index (χ4n) is 2.51. The van der Waals surface area contributed by atoms with Gasteiger partial charge in [-0.25, -0.2) is 4.98 Å². The molecule has 2 unspecified atom stereocenters. The van der Waals surface area contributed by atoms with Crippen molar-refractivity contribution >= 4 is 22.4 Å². The van der Waals surface area contributed by atoms with Crippen LogP contribution in [0.3, 0.4) is 0 Å². The maximum atomic E-state index is 12.0. The van der Waals surface area contributed by atoms with Crippen molar-refractivity contribution in [2.24, 2.45) is 0 Å². The van der Waals surface area contributed by atoms with Gasteiger partial charge in [-0.1, -0.05) is 0 Å². The van der Waals surface area contributed by atoms with Gasteiger partial charge in [0.2, 0.25) is 5.91 Å². The largest absolute Gasteiger partial charge is 0.392 e. The van der Waals surface area contributed by atoms with Crippen molar-refractivity contribution in [3.05, 3.63) is 10.6 Å². The molecule has 6 heteroatoms. The van der Waals surface area contributed by atoms with Crippen molar-refractivity contribution in [2.45, 2.75) is 44.2 Å². The molecule has 0 aromatic carbocycles. The van der Waals surface area contributed by atoms with E-state index in [0.29, 0.717) is 18.1 Å². The van der Waals surface area contributed by atoms with Crippen LogP contribution in [0.25, 0.3) is 0 Å². The van der Waals surface area contributed by atoms with E-state index in [1.54, 1.807) is 11.3 Å². The summed E-state index contributed by atoms with van der Waals surface area (Å²) in [5.74, 6) is -0.0855. The van der Waals surface area contributed by atoms with Crippen molar-refractivity contribution in [3.63, 3.8) is 0 Å². The number of amides is 1. The Balaban J connectivity index is 1.65. The topological polar surface area (TPSA) is 74.2 Å². The predicted octanol–water partition coefficient (Wildman–Crippen LogP) is 0.683. The molecule has 0 saturated carbocycles. The van der Waals surface area contributed by atoms with Crippen molar-refractivity contribution in [3.8, 4) is 0 Å². The van der Waals surface area contributed by atoms with E-state index in [1.165, 1.54) is 17.7 Å². The van der Waals surface area contributed by atoms with Crippen molar-refractivity contribution in [1.82, 2.24) is 10.3 Å². The van der Waals surface area contributed by atoms with Crippen LogP contribution in [-0.2, 0) is 17.6 Å². The molecular weight excluding hydrogens is 250 g/mol. The first kappa shape index (κ1) is 12.1. The summed E-state index contributed by atoms with van der Waals surface area (Å²) in [5, 5.41) is 16.0. The fourth-order valence-corrected chi connectivity index (χ4v) is 3.57. The maximum absolute atomic E-state index is 12.0. The van der Waals surface area contributed by atoms with Gasteiger partial charge in [-0.3, -0.25) is 4.79 Å². The molecule has 2 aliphatic rings. The summed E-state index contributed by atoms with van der Waals surface area (Å²) in [6, 6.07) is -0.291. The van der Waals surface area contributed by atoms with Crippen molar-refractivity contribution in [1.29, 1.82) is 0 Å². The van der Waals surface area contributed by atoms with E-state index in [0.717, 1.165) is 18.5 Å². The van der Waals surface area contributed by atoms with Gasteiger partial charge in [0.1, 0.15) is 0 Å². The molecule has 2 heterocycles. The number of aryl methyl sites for hydroxylation is 2. The van der Waals surface area contributed by atoms with Crippen molar-refractivity contribution < 1.29 is 9.90 Å². The van der Waals surface area contributed by atoms with Gasteiger partial charge >= 0.3 is 0 Å². The second kappa shape index (κ2) is 4.95. The third kappa shape index (κ3) is 2.41. The molecule has 18 heavy (non-hydrogen) atoms. The smallest absolute Gasteiger partial charge is 0.243 e. The number of anilines is 1. The summed E-state index contributed by atoms with van der Waals surface area (Å²) in [4.78, 5) is 17.7. The molecule has 3 N–H and O–H groups in total. The zero-order chi connectivity index (χ0) is 12.5. The molecule has 1 aromatic rings. The van der Waals surface area contributed by atoms with Gasteiger partial charge in [0.15, 0.2) is 5.13 Å². The van der Waals surface area contributed by atoms with E-state index in [9.17, 15) is 9.90 Å². The van der Waals surface area contributed by atoms with Crippen molar-refractivity contribution in [2.75, 3.05) is 11.9 Å². The molecule has 1 saturated heterocycles. The number of hydrogen-bond acceptors (Lipinski definition) is 5. The van der Waals surface area contributed by atoms with Gasteiger partial charge in [0.25, 0.3) is 0 Å². The highest BCUT2D eigenvalue weighted by atomic mass is 32.1. The summed E-state index contributed by atoms with van der Waals surface area (Å²) >= 11 is 1.59. The Morgan fingerprint density at radius 3 is 3.00 bits per heavy atom. The van der Waals surface area contributed by atoms with E-state index in [4.69, 9.17) is 0 Å². The number of thiazole rings is 1. The number of carbonyl (C=O) groups is 1. The average Bonchev–Trinajstić information content (AvgIpc) is 2.94. The molecule has 0 radical (unpaired) electrons. The molecule has 5 nitrogen and oxygen atoms in total. The molecular formula is C12H17N3O2S. The highest BCUT2D eigenvalue weighted by molar-refractivity contribution is 7.15. The summed E-state index contributed by atoms with van der Waals surface area (Å²) in [7, 11) is 0. The Morgan fingerprint density at radius 2 is 2.28 bits per heavy atom. The second-order valence-electron chi connectivity index (χ2n) is 4.94. The number of aromatic nitrogens is 1. The van der Waals surface area contributed by atoms with Crippen LogP contribution in [0.4, 0.5) is 5.13 Å². The number of fused-ring (bicyclic) bond motifs is 1. The molecule has 2 atom stereocenters. The number of aliphatic hydroxyl groups is 1.